The van der Waals surface area contributed by atoms with E-state index in [2.05, 4.69) is 176 Å². The second-order valence-electron chi connectivity index (χ2n) is 14.3. The summed E-state index contributed by atoms with van der Waals surface area (Å²) in [5.74, 6) is 1.92. The lowest BCUT2D eigenvalue weighted by Crippen LogP contribution is -2.25. The Kier molecular flexibility index (Phi) is 7.08. The Bertz CT molecular complexity index is 2890. The van der Waals surface area contributed by atoms with E-state index in [9.17, 15) is 0 Å². The third-order valence-electron chi connectivity index (χ3n) is 11.4. The first-order valence-corrected chi connectivity index (χ1v) is 18.8. The van der Waals surface area contributed by atoms with Crippen LogP contribution in [0.3, 0.4) is 0 Å². The van der Waals surface area contributed by atoms with Gasteiger partial charge < -0.3 is 0 Å². The van der Waals surface area contributed by atoms with Crippen molar-refractivity contribution >= 4 is 0 Å². The van der Waals surface area contributed by atoms with E-state index in [1.54, 1.807) is 0 Å². The monoisotopic (exact) mass is 699 g/mol. The van der Waals surface area contributed by atoms with E-state index >= 15 is 0 Å². The maximum Gasteiger partial charge on any atom is 0.164 e. The molecule has 3 nitrogen and oxygen atoms in total. The minimum atomic E-state index is -0.422. The molecular weight excluding hydrogens is 667 g/mol. The largest absolute Gasteiger partial charge is 0.208 e. The highest BCUT2D eigenvalue weighted by molar-refractivity contribution is 6.01. The Morgan fingerprint density at radius 2 is 0.673 bits per heavy atom. The molecule has 0 N–H and O–H groups in total. The van der Waals surface area contributed by atoms with E-state index in [4.69, 9.17) is 15.0 Å². The van der Waals surface area contributed by atoms with Crippen LogP contribution in [0.1, 0.15) is 22.3 Å². The molecule has 0 atom stereocenters. The first-order chi connectivity index (χ1) is 27.3. The normalized spacial score (nSPS) is 12.9. The summed E-state index contributed by atoms with van der Waals surface area (Å²) in [6.07, 6.45) is 0. The molecule has 2 aliphatic rings. The van der Waals surface area contributed by atoms with Crippen LogP contribution in [0.5, 0.6) is 0 Å². The van der Waals surface area contributed by atoms with Gasteiger partial charge in [-0.05, 0) is 72.8 Å². The summed E-state index contributed by atoms with van der Waals surface area (Å²) in [7, 11) is 0. The molecule has 1 spiro atoms. The van der Waals surface area contributed by atoms with Crippen LogP contribution in [0, 0.1) is 0 Å². The SMILES string of the molecule is c1ccc(-c2cccc(-c3nc(-c4ccccc4)nc(-c4ccccc4-c4cccc5c4-c4ccccc4C54c5ccccc5-c5ccccc54)n3)c2)cc1. The molecule has 1 aromatic heterocycles. The smallest absolute Gasteiger partial charge is 0.164 e. The fraction of sp³-hybridized carbons (Fsp3) is 0.0192. The Labute approximate surface area is 320 Å². The van der Waals surface area contributed by atoms with Gasteiger partial charge in [0.2, 0.25) is 0 Å². The fourth-order valence-electron chi connectivity index (χ4n) is 9.09. The molecule has 8 aromatic carbocycles. The van der Waals surface area contributed by atoms with E-state index in [0.717, 1.165) is 38.9 Å². The Morgan fingerprint density at radius 1 is 0.255 bits per heavy atom. The molecular formula is C52H33N3. The molecule has 0 aliphatic heterocycles. The third kappa shape index (κ3) is 4.73. The van der Waals surface area contributed by atoms with Gasteiger partial charge in [-0.15, -0.1) is 0 Å². The standard InChI is InChI=1S/C52H33N3/c1-3-17-34(18-4-1)36-21-15-22-37(33-36)50-53-49(35-19-5-2-6-20-35)54-51(55-50)42-26-8-7-23-38(42)41-28-16-32-47-48(41)43-27-11-14-31-46(43)52(47)44-29-12-9-24-39(44)40-25-10-13-30-45(40)52/h1-33H. The van der Waals surface area contributed by atoms with Crippen molar-refractivity contribution in [3.05, 3.63) is 222 Å². The zero-order valence-electron chi connectivity index (χ0n) is 29.9. The van der Waals surface area contributed by atoms with Gasteiger partial charge in [0.05, 0.1) is 5.41 Å². The van der Waals surface area contributed by atoms with Crippen molar-refractivity contribution < 1.29 is 0 Å². The van der Waals surface area contributed by atoms with Crippen LogP contribution in [0.4, 0.5) is 0 Å². The molecule has 1 heterocycles. The molecule has 11 rings (SSSR count). The van der Waals surface area contributed by atoms with E-state index in [-0.39, 0.29) is 0 Å². The number of nitrogens with zero attached hydrogens (tertiary/aromatic N) is 3. The van der Waals surface area contributed by atoms with Crippen molar-refractivity contribution in [1.29, 1.82) is 0 Å². The highest BCUT2D eigenvalue weighted by Gasteiger charge is 2.52. The molecule has 0 unspecified atom stereocenters. The third-order valence-corrected chi connectivity index (χ3v) is 11.4. The Hall–Kier alpha value is -7.23. The molecule has 0 radical (unpaired) electrons. The van der Waals surface area contributed by atoms with Gasteiger partial charge in [0.25, 0.3) is 0 Å². The van der Waals surface area contributed by atoms with Gasteiger partial charge >= 0.3 is 0 Å². The number of hydrogen-bond donors (Lipinski definition) is 0. The minimum Gasteiger partial charge on any atom is -0.208 e. The van der Waals surface area contributed by atoms with E-state index in [1.165, 1.54) is 44.5 Å². The molecule has 0 fully saturated rings. The second kappa shape index (κ2) is 12.4. The average molecular weight is 700 g/mol. The van der Waals surface area contributed by atoms with Crippen molar-refractivity contribution in [1.82, 2.24) is 15.0 Å². The van der Waals surface area contributed by atoms with Gasteiger partial charge in [-0.2, -0.15) is 0 Å². The zero-order chi connectivity index (χ0) is 36.3. The minimum absolute atomic E-state index is 0.422. The summed E-state index contributed by atoms with van der Waals surface area (Å²) >= 11 is 0. The number of aromatic nitrogens is 3. The Morgan fingerprint density at radius 3 is 1.35 bits per heavy atom. The lowest BCUT2D eigenvalue weighted by molar-refractivity contribution is 0.794. The van der Waals surface area contributed by atoms with Crippen LogP contribution in [0.15, 0.2) is 200 Å². The lowest BCUT2D eigenvalue weighted by Gasteiger charge is -2.30. The van der Waals surface area contributed by atoms with Gasteiger partial charge in [-0.3, -0.25) is 0 Å². The number of hydrogen-bond acceptors (Lipinski definition) is 3. The van der Waals surface area contributed by atoms with Crippen molar-refractivity contribution in [2.24, 2.45) is 0 Å². The fourth-order valence-corrected chi connectivity index (χ4v) is 9.09. The van der Waals surface area contributed by atoms with Crippen molar-refractivity contribution in [2.75, 3.05) is 0 Å². The molecule has 3 heteroatoms. The van der Waals surface area contributed by atoms with E-state index in [0.29, 0.717) is 17.5 Å². The van der Waals surface area contributed by atoms with Crippen LogP contribution in [-0.2, 0) is 5.41 Å². The van der Waals surface area contributed by atoms with Crippen molar-refractivity contribution in [3.8, 4) is 78.7 Å². The summed E-state index contributed by atoms with van der Waals surface area (Å²) in [6.45, 7) is 0. The lowest BCUT2D eigenvalue weighted by atomic mass is 9.70. The van der Waals surface area contributed by atoms with Crippen LogP contribution in [0.2, 0.25) is 0 Å². The van der Waals surface area contributed by atoms with Crippen LogP contribution in [-0.4, -0.2) is 15.0 Å². The number of benzene rings is 8. The van der Waals surface area contributed by atoms with Crippen LogP contribution < -0.4 is 0 Å². The predicted octanol–water partition coefficient (Wildman–Crippen LogP) is 12.6. The summed E-state index contributed by atoms with van der Waals surface area (Å²) in [5.41, 5.74) is 17.3. The van der Waals surface area contributed by atoms with Gasteiger partial charge in [0.15, 0.2) is 17.5 Å². The molecule has 9 aromatic rings. The molecule has 2 aliphatic carbocycles. The summed E-state index contributed by atoms with van der Waals surface area (Å²) in [6, 6.07) is 71.4. The first kappa shape index (κ1) is 31.3. The zero-order valence-corrected chi connectivity index (χ0v) is 29.9. The summed E-state index contributed by atoms with van der Waals surface area (Å²) < 4.78 is 0. The molecule has 0 saturated heterocycles. The van der Waals surface area contributed by atoms with Gasteiger partial charge in [0.1, 0.15) is 0 Å². The molecule has 256 valence electrons. The average Bonchev–Trinajstić information content (AvgIpc) is 3.75. The maximum absolute atomic E-state index is 5.27. The van der Waals surface area contributed by atoms with Gasteiger partial charge in [-0.1, -0.05) is 194 Å². The number of rotatable bonds is 5. The highest BCUT2D eigenvalue weighted by atomic mass is 15.0. The summed E-state index contributed by atoms with van der Waals surface area (Å²) in [4.78, 5) is 15.6. The summed E-state index contributed by atoms with van der Waals surface area (Å²) in [5, 5.41) is 0. The molecule has 55 heavy (non-hydrogen) atoms. The van der Waals surface area contributed by atoms with E-state index < -0.39 is 5.41 Å². The first-order valence-electron chi connectivity index (χ1n) is 18.8. The van der Waals surface area contributed by atoms with Crippen molar-refractivity contribution in [3.63, 3.8) is 0 Å². The predicted molar refractivity (Wildman–Crippen MR) is 223 cm³/mol. The van der Waals surface area contributed by atoms with Gasteiger partial charge in [-0.25, -0.2) is 15.0 Å². The molecule has 0 bridgehead atoms. The van der Waals surface area contributed by atoms with E-state index in [1.807, 2.05) is 24.3 Å². The molecule has 0 saturated carbocycles. The quantitative estimate of drug-likeness (QED) is 0.179. The van der Waals surface area contributed by atoms with Gasteiger partial charge in [0, 0.05) is 16.7 Å². The molecule has 0 amide bonds. The number of fused-ring (bicyclic) bond motifs is 10. The topological polar surface area (TPSA) is 38.7 Å². The highest BCUT2D eigenvalue weighted by Crippen LogP contribution is 2.64. The maximum atomic E-state index is 5.27. The second-order valence-corrected chi connectivity index (χ2v) is 14.3. The Balaban J connectivity index is 1.14. The van der Waals surface area contributed by atoms with Crippen LogP contribution in [0.25, 0.3) is 78.7 Å². The van der Waals surface area contributed by atoms with Crippen LogP contribution >= 0.6 is 0 Å². The van der Waals surface area contributed by atoms with Crippen molar-refractivity contribution in [2.45, 2.75) is 5.41 Å².